The minimum Gasteiger partial charge on any atom is -0.508 e. The average Bonchev–Trinajstić information content (AvgIpc) is 3.03. The van der Waals surface area contributed by atoms with Gasteiger partial charge in [0.25, 0.3) is 5.56 Å². The molecular formula is C33H29Cl2N5O6. The Bertz CT molecular complexity index is 2280. The summed E-state index contributed by atoms with van der Waals surface area (Å²) in [5, 5.41) is 23.8. The zero-order valence-electron chi connectivity index (χ0n) is 25.1. The van der Waals surface area contributed by atoms with Crippen LogP contribution in [0.1, 0.15) is 29.8 Å². The highest BCUT2D eigenvalue weighted by Crippen LogP contribution is 2.28. The Labute approximate surface area is 271 Å². The molecule has 0 aliphatic carbocycles. The van der Waals surface area contributed by atoms with Crippen LogP contribution in [0.25, 0.3) is 33.2 Å². The van der Waals surface area contributed by atoms with Crippen molar-refractivity contribution in [2.45, 2.75) is 20.8 Å². The summed E-state index contributed by atoms with van der Waals surface area (Å²) in [5.41, 5.74) is 0.850. The molecule has 2 heterocycles. The van der Waals surface area contributed by atoms with Crippen molar-refractivity contribution in [2.75, 3.05) is 12.4 Å². The number of phenolic OH excluding ortho intramolecular Hbond substituents is 1. The lowest BCUT2D eigenvalue weighted by atomic mass is 10.1. The maximum atomic E-state index is 12.5. The van der Waals surface area contributed by atoms with Gasteiger partial charge in [-0.25, -0.2) is 14.4 Å². The molecular weight excluding hydrogens is 633 g/mol. The number of nitrogens with one attached hydrogen (secondary N) is 2. The van der Waals surface area contributed by atoms with E-state index in [1.165, 1.54) is 39.5 Å². The summed E-state index contributed by atoms with van der Waals surface area (Å²) in [7, 11) is 1.71. The van der Waals surface area contributed by atoms with Crippen molar-refractivity contribution in [2.24, 2.45) is 0 Å². The van der Waals surface area contributed by atoms with Crippen molar-refractivity contribution < 1.29 is 15.0 Å². The molecule has 236 valence electrons. The van der Waals surface area contributed by atoms with Crippen molar-refractivity contribution in [3.05, 3.63) is 131 Å². The fraction of sp³-hybridized carbons (Fsp3) is 0.121. The molecule has 6 aromatic rings. The number of aromatic carboxylic acids is 1. The molecule has 46 heavy (non-hydrogen) atoms. The number of carbonyl (C=O) groups is 1. The molecule has 0 unspecified atom stereocenters. The molecule has 0 fully saturated rings. The van der Waals surface area contributed by atoms with E-state index in [9.17, 15) is 24.3 Å². The van der Waals surface area contributed by atoms with Crippen LogP contribution in [0.4, 0.5) is 5.82 Å². The van der Waals surface area contributed by atoms with Gasteiger partial charge in [0.05, 0.1) is 33.4 Å². The quantitative estimate of drug-likeness (QED) is 0.175. The molecule has 0 radical (unpaired) electrons. The highest BCUT2D eigenvalue weighted by Gasteiger charge is 2.15. The highest BCUT2D eigenvalue weighted by atomic mass is 35.5. The number of aromatic amines is 1. The largest absolute Gasteiger partial charge is 0.508 e. The SMILES string of the molecule is CC.CNc1nc(=O)n(-c2cccc(O)c2C)c2cc(Cl)ccc12.O=C(O)c1cccc(-n2c(=O)[nH]c(=O)c3ccc(Cl)cc32)c1. The molecule has 0 atom stereocenters. The number of benzene rings is 4. The van der Waals surface area contributed by atoms with Gasteiger partial charge in [0, 0.05) is 28.0 Å². The lowest BCUT2D eigenvalue weighted by Gasteiger charge is -2.15. The van der Waals surface area contributed by atoms with E-state index >= 15 is 0 Å². The maximum Gasteiger partial charge on any atom is 0.354 e. The van der Waals surface area contributed by atoms with Gasteiger partial charge in [-0.1, -0.05) is 49.2 Å². The number of anilines is 1. The molecule has 0 saturated carbocycles. The fourth-order valence-corrected chi connectivity index (χ4v) is 5.05. The second-order valence-corrected chi connectivity index (χ2v) is 10.4. The first-order chi connectivity index (χ1) is 22.0. The van der Waals surface area contributed by atoms with Gasteiger partial charge < -0.3 is 15.5 Å². The molecule has 2 aromatic heterocycles. The van der Waals surface area contributed by atoms with Crippen molar-refractivity contribution >= 4 is 56.8 Å². The number of hydrogen-bond donors (Lipinski definition) is 4. The zero-order chi connectivity index (χ0) is 33.7. The second-order valence-electron chi connectivity index (χ2n) is 9.52. The Kier molecular flexibility index (Phi) is 10.3. The number of nitrogens with zero attached hydrogens (tertiary/aromatic N) is 3. The topological polar surface area (TPSA) is 159 Å². The number of rotatable bonds is 4. The number of carboxylic acid groups (broad SMARTS) is 1. The van der Waals surface area contributed by atoms with E-state index in [4.69, 9.17) is 28.3 Å². The van der Waals surface area contributed by atoms with E-state index in [2.05, 4.69) is 15.3 Å². The number of H-pyrrole nitrogens is 1. The van der Waals surface area contributed by atoms with E-state index in [1.54, 1.807) is 56.4 Å². The number of hydrogen-bond acceptors (Lipinski definition) is 7. The molecule has 4 N–H and O–H groups in total. The van der Waals surface area contributed by atoms with Gasteiger partial charge >= 0.3 is 17.3 Å². The molecule has 0 aliphatic heterocycles. The third-order valence-corrected chi connectivity index (χ3v) is 7.30. The van der Waals surface area contributed by atoms with Crippen molar-refractivity contribution in [1.82, 2.24) is 19.1 Å². The van der Waals surface area contributed by atoms with E-state index < -0.39 is 22.9 Å². The molecule has 13 heteroatoms. The lowest BCUT2D eigenvalue weighted by molar-refractivity contribution is 0.0697. The predicted octanol–water partition coefficient (Wildman–Crippen LogP) is 6.15. The van der Waals surface area contributed by atoms with Crippen LogP contribution in [0.2, 0.25) is 10.0 Å². The number of phenols is 1. The first-order valence-electron chi connectivity index (χ1n) is 14.0. The first-order valence-corrected chi connectivity index (χ1v) is 14.7. The van der Waals surface area contributed by atoms with Gasteiger partial charge in [-0.05, 0) is 73.7 Å². The Hall–Kier alpha value is -5.39. The van der Waals surface area contributed by atoms with Crippen LogP contribution in [0.5, 0.6) is 5.75 Å². The number of aromatic hydroxyl groups is 1. The molecule has 0 aliphatic rings. The predicted molar refractivity (Wildman–Crippen MR) is 182 cm³/mol. The van der Waals surface area contributed by atoms with Crippen molar-refractivity contribution in [3.8, 4) is 17.1 Å². The van der Waals surface area contributed by atoms with Crippen LogP contribution in [0, 0.1) is 6.92 Å². The van der Waals surface area contributed by atoms with E-state index in [0.29, 0.717) is 43.8 Å². The summed E-state index contributed by atoms with van der Waals surface area (Å²) < 4.78 is 2.67. The van der Waals surface area contributed by atoms with Crippen LogP contribution < -0.4 is 22.3 Å². The van der Waals surface area contributed by atoms with E-state index in [-0.39, 0.29) is 16.7 Å². The Morgan fingerprint density at radius 3 is 2.09 bits per heavy atom. The Balaban J connectivity index is 0.000000198. The summed E-state index contributed by atoms with van der Waals surface area (Å²) in [4.78, 5) is 53.9. The van der Waals surface area contributed by atoms with E-state index in [1.807, 2.05) is 19.9 Å². The van der Waals surface area contributed by atoms with Crippen molar-refractivity contribution in [3.63, 3.8) is 0 Å². The second kappa shape index (κ2) is 14.1. The molecule has 0 bridgehead atoms. The van der Waals surface area contributed by atoms with Crippen LogP contribution in [-0.2, 0) is 0 Å². The maximum absolute atomic E-state index is 12.5. The molecule has 11 nitrogen and oxygen atoms in total. The number of fused-ring (bicyclic) bond motifs is 2. The number of halogens is 2. The minimum absolute atomic E-state index is 0.0331. The highest BCUT2D eigenvalue weighted by molar-refractivity contribution is 6.31. The van der Waals surface area contributed by atoms with Gasteiger partial charge in [0.1, 0.15) is 11.6 Å². The Morgan fingerprint density at radius 1 is 0.848 bits per heavy atom. The van der Waals surface area contributed by atoms with Crippen molar-refractivity contribution in [1.29, 1.82) is 0 Å². The average molecular weight is 663 g/mol. The lowest BCUT2D eigenvalue weighted by Crippen LogP contribution is -2.29. The third kappa shape index (κ3) is 6.65. The van der Waals surface area contributed by atoms with Gasteiger partial charge in [-0.2, -0.15) is 4.98 Å². The van der Waals surface area contributed by atoms with Gasteiger partial charge in [-0.3, -0.25) is 18.9 Å². The standard InChI is InChI=1S/C16H14ClN3O2.C15H9ClN2O4.C2H6/c1-9-12(4-3-5-14(9)21)20-13-8-10(17)6-7-11(13)15(18-2)19-16(20)22;16-9-4-5-11-12(7-9)18(15(22)17-13(11)19)10-3-1-2-8(6-10)14(20)21;1-2/h3-8,21H,1-2H3,(H,18,19,22);1-7H,(H,20,21)(H,17,19,22);1-2H3. The van der Waals surface area contributed by atoms with Crippen LogP contribution in [-0.4, -0.2) is 42.3 Å². The van der Waals surface area contributed by atoms with Crippen LogP contribution in [0.3, 0.4) is 0 Å². The van der Waals surface area contributed by atoms with Gasteiger partial charge in [0.2, 0.25) is 0 Å². The molecule has 0 amide bonds. The third-order valence-electron chi connectivity index (χ3n) is 6.83. The summed E-state index contributed by atoms with van der Waals surface area (Å²) in [6.07, 6.45) is 0. The van der Waals surface area contributed by atoms with Gasteiger partial charge in [-0.15, -0.1) is 0 Å². The number of carboxylic acids is 1. The monoisotopic (exact) mass is 661 g/mol. The molecule has 6 rings (SSSR count). The summed E-state index contributed by atoms with van der Waals surface area (Å²) in [5.74, 6) is -0.496. The Morgan fingerprint density at radius 2 is 1.46 bits per heavy atom. The molecule has 0 saturated heterocycles. The molecule has 0 spiro atoms. The van der Waals surface area contributed by atoms with Crippen LogP contribution >= 0.6 is 23.2 Å². The van der Waals surface area contributed by atoms with Crippen LogP contribution in [0.15, 0.2) is 93.2 Å². The summed E-state index contributed by atoms with van der Waals surface area (Å²) in [6, 6.07) is 20.7. The zero-order valence-corrected chi connectivity index (χ0v) is 26.6. The molecule has 4 aromatic carbocycles. The van der Waals surface area contributed by atoms with E-state index in [0.717, 1.165) is 5.39 Å². The summed E-state index contributed by atoms with van der Waals surface area (Å²) >= 11 is 12.0. The van der Waals surface area contributed by atoms with Gasteiger partial charge in [0.15, 0.2) is 0 Å². The smallest absolute Gasteiger partial charge is 0.354 e. The fourth-order valence-electron chi connectivity index (χ4n) is 4.72. The normalized spacial score (nSPS) is 10.5. The summed E-state index contributed by atoms with van der Waals surface area (Å²) in [6.45, 7) is 5.75. The first kappa shape index (κ1) is 33.5. The number of aromatic nitrogens is 4. The minimum atomic E-state index is -1.11.